The number of carbonyl (C=O) groups excluding carboxylic acids is 1. The van der Waals surface area contributed by atoms with Gasteiger partial charge in [0.05, 0.1) is 11.8 Å². The van der Waals surface area contributed by atoms with Gasteiger partial charge in [-0.1, -0.05) is 6.07 Å². The molecule has 7 heteroatoms. The summed E-state index contributed by atoms with van der Waals surface area (Å²) in [5, 5.41) is 0. The van der Waals surface area contributed by atoms with Gasteiger partial charge in [0.1, 0.15) is 28.7 Å². The van der Waals surface area contributed by atoms with Gasteiger partial charge in [-0.25, -0.2) is 19.3 Å². The molecule has 2 aliphatic rings. The molecule has 1 aromatic rings. The number of nitrogens with zero attached hydrogens (tertiary/aromatic N) is 2. The molecule has 2 heterocycles. The first-order valence-corrected chi connectivity index (χ1v) is 6.15. The number of likely N-dealkylation sites (N-methyl/N-ethyl adjacent to an activating group) is 1. The molecule has 0 aliphatic carbocycles. The summed E-state index contributed by atoms with van der Waals surface area (Å²) in [6, 6.07) is 3.52. The number of aliphatic imine (C=N–C) groups is 1. The van der Waals surface area contributed by atoms with Crippen molar-refractivity contribution in [3.8, 4) is 0 Å². The lowest BCUT2D eigenvalue weighted by atomic mass is 10.1. The van der Waals surface area contributed by atoms with E-state index in [9.17, 15) is 13.6 Å². The van der Waals surface area contributed by atoms with Gasteiger partial charge in [0.2, 0.25) is 0 Å². The molecule has 1 aromatic carbocycles. The van der Waals surface area contributed by atoms with Crippen molar-refractivity contribution in [1.29, 1.82) is 0 Å². The maximum absolute atomic E-state index is 14.0. The van der Waals surface area contributed by atoms with Gasteiger partial charge in [-0.2, -0.15) is 0 Å². The molecule has 0 aromatic heterocycles. The molecule has 0 radical (unpaired) electrons. The molecular formula is C14H11F2N3O2. The molecule has 0 bridgehead atoms. The lowest BCUT2D eigenvalue weighted by Crippen LogP contribution is -2.27. The second-order valence-electron chi connectivity index (χ2n) is 4.58. The summed E-state index contributed by atoms with van der Waals surface area (Å²) in [6.07, 6.45) is 1.02. The van der Waals surface area contributed by atoms with Gasteiger partial charge in [0.25, 0.3) is 5.91 Å². The van der Waals surface area contributed by atoms with Crippen molar-refractivity contribution < 1.29 is 18.4 Å². The first-order chi connectivity index (χ1) is 10.0. The molecular weight excluding hydrogens is 280 g/mol. The molecule has 3 rings (SSSR count). The Morgan fingerprint density at radius 2 is 1.95 bits per heavy atom. The molecule has 1 amide bonds. The van der Waals surface area contributed by atoms with E-state index in [4.69, 9.17) is 4.84 Å². The number of carbonyl (C=O) groups is 1. The van der Waals surface area contributed by atoms with Crippen LogP contribution in [0, 0.1) is 11.6 Å². The molecule has 0 spiro atoms. The number of hydrogen-bond donors (Lipinski definition) is 1. The van der Waals surface area contributed by atoms with Crippen LogP contribution in [0.5, 0.6) is 0 Å². The van der Waals surface area contributed by atoms with Gasteiger partial charge in [-0.05, 0) is 19.1 Å². The lowest BCUT2D eigenvalue weighted by molar-refractivity contribution is -0.120. The van der Waals surface area contributed by atoms with Crippen LogP contribution in [0.4, 0.5) is 8.78 Å². The predicted molar refractivity (Wildman–Crippen MR) is 71.5 cm³/mol. The highest BCUT2D eigenvalue weighted by molar-refractivity contribution is 6.28. The van der Waals surface area contributed by atoms with Crippen molar-refractivity contribution >= 4 is 17.8 Å². The van der Waals surface area contributed by atoms with E-state index in [1.54, 1.807) is 6.92 Å². The van der Waals surface area contributed by atoms with Crippen LogP contribution in [0.1, 0.15) is 12.5 Å². The van der Waals surface area contributed by atoms with Gasteiger partial charge < -0.3 is 9.74 Å². The van der Waals surface area contributed by atoms with Crippen molar-refractivity contribution in [3.05, 3.63) is 52.6 Å². The maximum atomic E-state index is 14.0. The number of allylic oxidation sites excluding steroid dienone is 1. The summed E-state index contributed by atoms with van der Waals surface area (Å²) in [5.41, 5.74) is 2.89. The van der Waals surface area contributed by atoms with E-state index in [-0.39, 0.29) is 17.0 Å². The summed E-state index contributed by atoms with van der Waals surface area (Å²) >= 11 is 0. The third kappa shape index (κ3) is 1.97. The van der Waals surface area contributed by atoms with Gasteiger partial charge in [-0.3, -0.25) is 4.79 Å². The van der Waals surface area contributed by atoms with E-state index in [1.165, 1.54) is 18.0 Å². The minimum absolute atomic E-state index is 0.0184. The molecule has 108 valence electrons. The highest BCUT2D eigenvalue weighted by atomic mass is 19.1. The summed E-state index contributed by atoms with van der Waals surface area (Å²) in [4.78, 5) is 22.3. The minimum Gasteiger partial charge on any atom is -0.384 e. The van der Waals surface area contributed by atoms with Gasteiger partial charge in [0.15, 0.2) is 5.76 Å². The van der Waals surface area contributed by atoms with Crippen molar-refractivity contribution in [2.75, 3.05) is 7.05 Å². The van der Waals surface area contributed by atoms with Crippen LogP contribution >= 0.6 is 0 Å². The Balaban J connectivity index is 2.30. The van der Waals surface area contributed by atoms with Gasteiger partial charge in [-0.15, -0.1) is 0 Å². The normalized spacial score (nSPS) is 17.7. The van der Waals surface area contributed by atoms with E-state index in [0.29, 0.717) is 11.5 Å². The number of hydrogen-bond acceptors (Lipinski definition) is 4. The van der Waals surface area contributed by atoms with Crippen LogP contribution in [0.2, 0.25) is 0 Å². The fraction of sp³-hybridized carbons (Fsp3) is 0.143. The number of rotatable bonds is 1. The van der Waals surface area contributed by atoms with Crippen LogP contribution in [-0.2, 0) is 9.63 Å². The quantitative estimate of drug-likeness (QED) is 0.860. The molecule has 5 nitrogen and oxygen atoms in total. The zero-order chi connectivity index (χ0) is 15.1. The van der Waals surface area contributed by atoms with Gasteiger partial charge >= 0.3 is 0 Å². The number of nitrogens with one attached hydrogen (secondary N) is 1. The van der Waals surface area contributed by atoms with Crippen molar-refractivity contribution in [3.63, 3.8) is 0 Å². The lowest BCUT2D eigenvalue weighted by Gasteiger charge is -2.15. The average molecular weight is 291 g/mol. The third-order valence-electron chi connectivity index (χ3n) is 3.28. The number of halogens is 2. The third-order valence-corrected chi connectivity index (χ3v) is 3.28. The monoisotopic (exact) mass is 291 g/mol. The summed E-state index contributed by atoms with van der Waals surface area (Å²) in [7, 11) is 1.53. The van der Waals surface area contributed by atoms with Crippen molar-refractivity contribution in [2.24, 2.45) is 4.99 Å². The first-order valence-electron chi connectivity index (χ1n) is 6.15. The topological polar surface area (TPSA) is 53.9 Å². The molecule has 2 aliphatic heterocycles. The highest BCUT2D eigenvalue weighted by Gasteiger charge is 2.32. The van der Waals surface area contributed by atoms with E-state index in [1.807, 2.05) is 0 Å². The predicted octanol–water partition coefficient (Wildman–Crippen LogP) is 1.94. The molecule has 21 heavy (non-hydrogen) atoms. The maximum Gasteiger partial charge on any atom is 0.269 e. The van der Waals surface area contributed by atoms with Gasteiger partial charge in [0, 0.05) is 7.05 Å². The van der Waals surface area contributed by atoms with Crippen molar-refractivity contribution in [1.82, 2.24) is 10.4 Å². The Kier molecular flexibility index (Phi) is 2.97. The fourth-order valence-corrected chi connectivity index (χ4v) is 2.26. The second-order valence-corrected chi connectivity index (χ2v) is 4.58. The Bertz CT molecular complexity index is 717. The van der Waals surface area contributed by atoms with E-state index >= 15 is 0 Å². The Hall–Kier alpha value is -2.70. The standard InChI is InChI=1S/C14H11F2N3O2/c1-7-14-13(18-21-7)12(17-6-10(20)19(14)2)11-8(15)4-3-5-9(11)16/h3-6,18H,1-2H3. The van der Waals surface area contributed by atoms with Crippen LogP contribution < -0.4 is 5.48 Å². The summed E-state index contributed by atoms with van der Waals surface area (Å²) in [5.74, 6) is -1.53. The van der Waals surface area contributed by atoms with Crippen LogP contribution in [0.15, 0.2) is 40.3 Å². The SMILES string of the molecule is CC1=C2C(=C(c3c(F)cccc3F)N=CC(=O)N2C)NO1. The molecule has 0 fully saturated rings. The number of fused-ring (bicyclic) bond motifs is 1. The molecule has 0 saturated heterocycles. The smallest absolute Gasteiger partial charge is 0.269 e. The summed E-state index contributed by atoms with van der Waals surface area (Å²) < 4.78 is 28.0. The Morgan fingerprint density at radius 3 is 2.62 bits per heavy atom. The van der Waals surface area contributed by atoms with E-state index < -0.39 is 17.5 Å². The molecule has 0 atom stereocenters. The zero-order valence-corrected chi connectivity index (χ0v) is 11.3. The molecule has 0 unspecified atom stereocenters. The number of hydroxylamine groups is 1. The van der Waals surface area contributed by atoms with E-state index in [0.717, 1.165) is 18.3 Å². The largest absolute Gasteiger partial charge is 0.384 e. The number of benzene rings is 1. The highest BCUT2D eigenvalue weighted by Crippen LogP contribution is 2.34. The summed E-state index contributed by atoms with van der Waals surface area (Å²) in [6.45, 7) is 1.64. The van der Waals surface area contributed by atoms with Crippen LogP contribution in [0.3, 0.4) is 0 Å². The van der Waals surface area contributed by atoms with Crippen molar-refractivity contribution in [2.45, 2.75) is 6.92 Å². The Morgan fingerprint density at radius 1 is 1.29 bits per heavy atom. The number of amides is 1. The first kappa shape index (κ1) is 13.3. The van der Waals surface area contributed by atoms with E-state index in [2.05, 4.69) is 10.5 Å². The van der Waals surface area contributed by atoms with Crippen LogP contribution in [-0.4, -0.2) is 24.1 Å². The molecule has 1 N–H and O–H groups in total. The fourth-order valence-electron chi connectivity index (χ4n) is 2.26. The minimum atomic E-state index is -0.766. The molecule has 0 saturated carbocycles. The average Bonchev–Trinajstić information content (AvgIpc) is 2.76. The van der Waals surface area contributed by atoms with Crippen LogP contribution in [0.25, 0.3) is 5.70 Å². The Labute approximate surface area is 119 Å². The zero-order valence-electron chi connectivity index (χ0n) is 11.3. The second kappa shape index (κ2) is 4.69.